The quantitative estimate of drug-likeness (QED) is 0.482. The topological polar surface area (TPSA) is 97.9 Å². The lowest BCUT2D eigenvalue weighted by atomic mass is 10.1. The van der Waals surface area contributed by atoms with Crippen molar-refractivity contribution in [2.24, 2.45) is 0 Å². The molecule has 0 bridgehead atoms. The predicted molar refractivity (Wildman–Crippen MR) is 123 cm³/mol. The molecular weight excluding hydrogens is 422 g/mol. The maximum atomic E-state index is 13.2. The van der Waals surface area contributed by atoms with Gasteiger partial charge in [0.2, 0.25) is 12.0 Å². The summed E-state index contributed by atoms with van der Waals surface area (Å²) in [6.07, 6.45) is -0.858. The summed E-state index contributed by atoms with van der Waals surface area (Å²) >= 11 is 0. The van der Waals surface area contributed by atoms with Gasteiger partial charge in [-0.1, -0.05) is 48.5 Å². The summed E-state index contributed by atoms with van der Waals surface area (Å²) in [6, 6.07) is 20.9. The number of anilines is 1. The monoisotopic (exact) mass is 447 g/mol. The van der Waals surface area contributed by atoms with Crippen LogP contribution in [0.3, 0.4) is 0 Å². The second-order valence-corrected chi connectivity index (χ2v) is 7.53. The van der Waals surface area contributed by atoms with Crippen molar-refractivity contribution in [1.82, 2.24) is 10.9 Å². The van der Waals surface area contributed by atoms with E-state index < -0.39 is 18.1 Å². The van der Waals surface area contributed by atoms with Crippen LogP contribution in [-0.2, 0) is 9.59 Å². The Morgan fingerprint density at radius 1 is 1.00 bits per heavy atom. The first kappa shape index (κ1) is 22.2. The van der Waals surface area contributed by atoms with Gasteiger partial charge >= 0.3 is 0 Å². The van der Waals surface area contributed by atoms with Crippen molar-refractivity contribution in [2.75, 3.05) is 19.0 Å². The van der Waals surface area contributed by atoms with E-state index in [1.807, 2.05) is 43.3 Å². The van der Waals surface area contributed by atoms with Crippen molar-refractivity contribution in [2.45, 2.75) is 19.1 Å². The summed E-state index contributed by atoms with van der Waals surface area (Å²) in [6.45, 7) is 1.99. The Morgan fingerprint density at radius 3 is 2.48 bits per heavy atom. The van der Waals surface area contributed by atoms with Gasteiger partial charge in [0.15, 0.2) is 11.5 Å². The van der Waals surface area contributed by atoms with E-state index in [0.29, 0.717) is 28.5 Å². The maximum absolute atomic E-state index is 13.2. The van der Waals surface area contributed by atoms with Crippen molar-refractivity contribution in [3.05, 3.63) is 83.9 Å². The zero-order valence-corrected chi connectivity index (χ0v) is 18.3. The lowest BCUT2D eigenvalue weighted by Gasteiger charge is -2.26. The summed E-state index contributed by atoms with van der Waals surface area (Å²) in [4.78, 5) is 25.9. The molecule has 0 spiro atoms. The molecule has 3 aromatic carbocycles. The van der Waals surface area contributed by atoms with Crippen molar-refractivity contribution in [3.8, 4) is 17.2 Å². The fourth-order valence-electron chi connectivity index (χ4n) is 3.44. The van der Waals surface area contributed by atoms with Crippen LogP contribution in [0.1, 0.15) is 17.2 Å². The third kappa shape index (κ3) is 5.24. The first-order valence-corrected chi connectivity index (χ1v) is 10.5. The van der Waals surface area contributed by atoms with Gasteiger partial charge in [-0.25, -0.2) is 5.43 Å². The summed E-state index contributed by atoms with van der Waals surface area (Å²) in [7, 11) is 1.54. The molecule has 0 saturated carbocycles. The number of benzene rings is 3. The Labute approximate surface area is 191 Å². The van der Waals surface area contributed by atoms with E-state index in [0.717, 1.165) is 5.56 Å². The van der Waals surface area contributed by atoms with Gasteiger partial charge in [0.1, 0.15) is 18.4 Å². The molecule has 3 N–H and O–H groups in total. The second kappa shape index (κ2) is 10.1. The third-order valence-corrected chi connectivity index (χ3v) is 5.15. The predicted octanol–water partition coefficient (Wildman–Crippen LogP) is 3.14. The number of hydrogen-bond acceptors (Lipinski definition) is 6. The van der Waals surface area contributed by atoms with Crippen molar-refractivity contribution < 1.29 is 23.8 Å². The molecule has 0 radical (unpaired) electrons. The Bertz CT molecular complexity index is 1140. The average molecular weight is 447 g/mol. The molecule has 8 heteroatoms. The first-order chi connectivity index (χ1) is 16.0. The van der Waals surface area contributed by atoms with Gasteiger partial charge in [-0.3, -0.25) is 15.0 Å². The average Bonchev–Trinajstić information content (AvgIpc) is 2.84. The van der Waals surface area contributed by atoms with Crippen molar-refractivity contribution in [3.63, 3.8) is 0 Å². The van der Waals surface area contributed by atoms with E-state index >= 15 is 0 Å². The first-order valence-electron chi connectivity index (χ1n) is 10.5. The van der Waals surface area contributed by atoms with Crippen LogP contribution in [0, 0.1) is 6.92 Å². The second-order valence-electron chi connectivity index (χ2n) is 7.53. The Kier molecular flexibility index (Phi) is 6.75. The number of hydrogen-bond donors (Lipinski definition) is 3. The fraction of sp³-hybridized carbons (Fsp3) is 0.200. The summed E-state index contributed by atoms with van der Waals surface area (Å²) in [5, 5.41) is 2.88. The van der Waals surface area contributed by atoms with Crippen LogP contribution >= 0.6 is 0 Å². The normalized spacial score (nSPS) is 15.3. The number of nitrogens with one attached hydrogen (secondary N) is 3. The molecular formula is C25H25N3O5. The van der Waals surface area contributed by atoms with E-state index in [1.165, 1.54) is 7.11 Å². The SMILES string of the molecule is COc1ccc(C)cc1NC(=O)[C@@H](NNC(=O)[C@@H]1COc2ccccc2O1)c1ccccc1. The number of aryl methyl sites for hydroxylation is 1. The highest BCUT2D eigenvalue weighted by Gasteiger charge is 2.29. The molecule has 1 aliphatic heterocycles. The highest BCUT2D eigenvalue weighted by atomic mass is 16.6. The lowest BCUT2D eigenvalue weighted by Crippen LogP contribution is -2.51. The zero-order valence-electron chi connectivity index (χ0n) is 18.3. The standard InChI is InChI=1S/C25H25N3O5/c1-16-12-13-19(31-2)18(14-16)26-25(30)23(17-8-4-3-5-9-17)27-28-24(29)22-15-32-20-10-6-7-11-21(20)33-22/h3-14,22-23,27H,15H2,1-2H3,(H,26,30)(H,28,29)/t22-,23-/m0/s1. The summed E-state index contributed by atoms with van der Waals surface area (Å²) in [5.74, 6) is 0.801. The molecule has 0 fully saturated rings. The van der Waals surface area contributed by atoms with Crippen molar-refractivity contribution >= 4 is 17.5 Å². The van der Waals surface area contributed by atoms with E-state index in [4.69, 9.17) is 14.2 Å². The molecule has 3 aromatic rings. The number of methoxy groups -OCH3 is 1. The van der Waals surface area contributed by atoms with Crippen LogP contribution in [0.4, 0.5) is 5.69 Å². The molecule has 170 valence electrons. The molecule has 2 amide bonds. The van der Waals surface area contributed by atoms with Gasteiger partial charge in [0.25, 0.3) is 5.91 Å². The number of carbonyl (C=O) groups is 2. The Hall–Kier alpha value is -4.04. The molecule has 33 heavy (non-hydrogen) atoms. The third-order valence-electron chi connectivity index (χ3n) is 5.15. The highest BCUT2D eigenvalue weighted by molar-refractivity contribution is 5.97. The minimum Gasteiger partial charge on any atom is -0.495 e. The van der Waals surface area contributed by atoms with Gasteiger partial charge in [-0.2, -0.15) is 0 Å². The molecule has 1 aliphatic rings. The fourth-order valence-corrected chi connectivity index (χ4v) is 3.44. The van der Waals surface area contributed by atoms with Crippen LogP contribution in [0.5, 0.6) is 17.2 Å². The van der Waals surface area contributed by atoms with Crippen molar-refractivity contribution in [1.29, 1.82) is 0 Å². The number of para-hydroxylation sites is 2. The van der Waals surface area contributed by atoms with E-state index in [2.05, 4.69) is 16.2 Å². The molecule has 0 aliphatic carbocycles. The summed E-state index contributed by atoms with van der Waals surface area (Å²) < 4.78 is 16.7. The molecule has 0 saturated heterocycles. The Morgan fingerprint density at radius 2 is 1.73 bits per heavy atom. The van der Waals surface area contributed by atoms with Crippen LogP contribution in [0.25, 0.3) is 0 Å². The van der Waals surface area contributed by atoms with Gasteiger partial charge < -0.3 is 19.5 Å². The number of fused-ring (bicyclic) bond motifs is 1. The van der Waals surface area contributed by atoms with E-state index in [9.17, 15) is 9.59 Å². The number of hydrazine groups is 1. The smallest absolute Gasteiger partial charge is 0.278 e. The molecule has 0 aromatic heterocycles. The van der Waals surface area contributed by atoms with E-state index in [-0.39, 0.29) is 12.5 Å². The van der Waals surface area contributed by atoms with Gasteiger partial charge in [0, 0.05) is 0 Å². The molecule has 1 heterocycles. The molecule has 2 atom stereocenters. The van der Waals surface area contributed by atoms with E-state index in [1.54, 1.807) is 36.4 Å². The van der Waals surface area contributed by atoms with Crippen LogP contribution in [0.2, 0.25) is 0 Å². The minimum atomic E-state index is -0.864. The maximum Gasteiger partial charge on any atom is 0.278 e. The molecule has 4 rings (SSSR count). The lowest BCUT2D eigenvalue weighted by molar-refractivity contribution is -0.132. The number of rotatable bonds is 7. The Balaban J connectivity index is 1.47. The highest BCUT2D eigenvalue weighted by Crippen LogP contribution is 2.31. The van der Waals surface area contributed by atoms with Crippen LogP contribution in [0.15, 0.2) is 72.8 Å². The number of amides is 2. The number of ether oxygens (including phenoxy) is 3. The van der Waals surface area contributed by atoms with Gasteiger partial charge in [0.05, 0.1) is 12.8 Å². The van der Waals surface area contributed by atoms with Crippen LogP contribution in [-0.4, -0.2) is 31.6 Å². The largest absolute Gasteiger partial charge is 0.495 e. The molecule has 8 nitrogen and oxygen atoms in total. The van der Waals surface area contributed by atoms with Crippen LogP contribution < -0.4 is 30.4 Å². The summed E-state index contributed by atoms with van der Waals surface area (Å²) in [5.41, 5.74) is 7.63. The molecule has 0 unspecified atom stereocenters. The zero-order chi connectivity index (χ0) is 23.2. The minimum absolute atomic E-state index is 0.0627. The van der Waals surface area contributed by atoms with Gasteiger partial charge in [-0.05, 0) is 42.3 Å². The number of carbonyl (C=O) groups excluding carboxylic acids is 2. The van der Waals surface area contributed by atoms with Gasteiger partial charge in [-0.15, -0.1) is 0 Å².